The summed E-state index contributed by atoms with van der Waals surface area (Å²) in [5.74, 6) is 0. The highest BCUT2D eigenvalue weighted by Crippen LogP contribution is 2.24. The Bertz CT molecular complexity index is 353. The number of rotatable bonds is 1. The molecule has 2 aromatic rings. The van der Waals surface area contributed by atoms with Crippen LogP contribution in [0, 0.1) is 6.92 Å². The molecule has 0 fully saturated rings. The van der Waals surface area contributed by atoms with Crippen LogP contribution < -0.4 is 0 Å². The highest BCUT2D eigenvalue weighted by molar-refractivity contribution is 9.10. The smallest absolute Gasteiger partial charge is 0.139 e. The van der Waals surface area contributed by atoms with Gasteiger partial charge in [0.05, 0.1) is 10.3 Å². The molecular formula is C8H7BrN2S. The van der Waals surface area contributed by atoms with Crippen molar-refractivity contribution in [1.82, 2.24) is 9.97 Å². The van der Waals surface area contributed by atoms with E-state index in [1.54, 1.807) is 11.3 Å². The molecule has 0 aromatic carbocycles. The molecule has 2 heterocycles. The molecule has 0 aliphatic rings. The highest BCUT2D eigenvalue weighted by Gasteiger charge is 2.03. The zero-order valence-corrected chi connectivity index (χ0v) is 8.87. The van der Waals surface area contributed by atoms with Crippen molar-refractivity contribution < 1.29 is 0 Å². The maximum absolute atomic E-state index is 4.27. The van der Waals surface area contributed by atoms with E-state index in [0.29, 0.717) is 0 Å². The second-order valence-electron chi connectivity index (χ2n) is 2.50. The van der Waals surface area contributed by atoms with E-state index in [1.807, 2.05) is 18.3 Å². The van der Waals surface area contributed by atoms with E-state index >= 15 is 0 Å². The molecule has 0 unspecified atom stereocenters. The third-order valence-electron chi connectivity index (χ3n) is 1.50. The summed E-state index contributed by atoms with van der Waals surface area (Å²) in [7, 11) is 0. The minimum Gasteiger partial charge on any atom is -0.347 e. The van der Waals surface area contributed by atoms with E-state index in [0.717, 1.165) is 15.3 Å². The van der Waals surface area contributed by atoms with Crippen LogP contribution in [0.15, 0.2) is 22.9 Å². The minimum atomic E-state index is 0.991. The summed E-state index contributed by atoms with van der Waals surface area (Å²) in [5, 5.41) is 1.04. The number of aromatic amines is 1. The first kappa shape index (κ1) is 8.01. The summed E-state index contributed by atoms with van der Waals surface area (Å²) in [6.07, 6.45) is 1.88. The molecule has 0 spiro atoms. The van der Waals surface area contributed by atoms with Crippen LogP contribution in [-0.4, -0.2) is 9.97 Å². The molecule has 4 heteroatoms. The fraction of sp³-hybridized carbons (Fsp3) is 0.125. The lowest BCUT2D eigenvalue weighted by Crippen LogP contribution is -1.72. The summed E-state index contributed by atoms with van der Waals surface area (Å²) in [6, 6.07) is 3.99. The number of aromatic nitrogens is 2. The molecule has 0 bridgehead atoms. The normalized spacial score (nSPS) is 10.5. The monoisotopic (exact) mass is 242 g/mol. The molecular weight excluding hydrogens is 236 g/mol. The van der Waals surface area contributed by atoms with Gasteiger partial charge in [0, 0.05) is 11.1 Å². The van der Waals surface area contributed by atoms with E-state index in [9.17, 15) is 0 Å². The lowest BCUT2D eigenvalue weighted by molar-refractivity contribution is 1.31. The van der Waals surface area contributed by atoms with Gasteiger partial charge >= 0.3 is 0 Å². The maximum Gasteiger partial charge on any atom is 0.139 e. The van der Waals surface area contributed by atoms with Crippen molar-refractivity contribution >= 4 is 27.3 Å². The number of nitrogens with one attached hydrogen (secondary N) is 1. The predicted molar refractivity (Wildman–Crippen MR) is 54.3 cm³/mol. The van der Waals surface area contributed by atoms with E-state index in [1.165, 1.54) is 4.88 Å². The van der Waals surface area contributed by atoms with Gasteiger partial charge in [-0.3, -0.25) is 0 Å². The quantitative estimate of drug-likeness (QED) is 0.818. The van der Waals surface area contributed by atoms with Crippen LogP contribution in [0.25, 0.3) is 10.7 Å². The average molecular weight is 243 g/mol. The molecule has 0 saturated carbocycles. The van der Waals surface area contributed by atoms with Crippen molar-refractivity contribution in [3.05, 3.63) is 27.8 Å². The first-order chi connectivity index (χ1) is 5.75. The molecule has 2 aromatic heterocycles. The van der Waals surface area contributed by atoms with Gasteiger partial charge in [-0.05, 0) is 35.0 Å². The first-order valence-electron chi connectivity index (χ1n) is 3.53. The summed E-state index contributed by atoms with van der Waals surface area (Å²) in [5.41, 5.74) is 1.07. The van der Waals surface area contributed by atoms with Crippen LogP contribution in [0.3, 0.4) is 0 Å². The number of hydrogen-bond donors (Lipinski definition) is 1. The molecule has 0 atom stereocenters. The van der Waals surface area contributed by atoms with Crippen molar-refractivity contribution in [3.63, 3.8) is 0 Å². The van der Waals surface area contributed by atoms with Crippen LogP contribution in [0.2, 0.25) is 0 Å². The number of thiazole rings is 1. The first-order valence-corrected chi connectivity index (χ1v) is 5.14. The van der Waals surface area contributed by atoms with Crippen molar-refractivity contribution in [2.24, 2.45) is 0 Å². The van der Waals surface area contributed by atoms with E-state index in [-0.39, 0.29) is 0 Å². The largest absolute Gasteiger partial charge is 0.347 e. The Balaban J connectivity index is 2.43. The molecule has 0 amide bonds. The summed E-state index contributed by atoms with van der Waals surface area (Å²) in [6.45, 7) is 2.05. The number of hydrogen-bond acceptors (Lipinski definition) is 2. The molecule has 0 aliphatic heterocycles. The van der Waals surface area contributed by atoms with E-state index < -0.39 is 0 Å². The number of aryl methyl sites for hydroxylation is 1. The zero-order chi connectivity index (χ0) is 8.55. The lowest BCUT2D eigenvalue weighted by Gasteiger charge is -1.87. The molecule has 0 saturated heterocycles. The summed E-state index contributed by atoms with van der Waals surface area (Å²) in [4.78, 5) is 8.67. The Labute approximate surface area is 82.8 Å². The van der Waals surface area contributed by atoms with Crippen LogP contribution in [0.1, 0.15) is 4.88 Å². The number of nitrogens with zero attached hydrogens (tertiary/aromatic N) is 1. The van der Waals surface area contributed by atoms with Crippen LogP contribution in [0.5, 0.6) is 0 Å². The average Bonchev–Trinajstić information content (AvgIpc) is 2.58. The molecule has 1 N–H and O–H groups in total. The Kier molecular flexibility index (Phi) is 2.02. The fourth-order valence-electron chi connectivity index (χ4n) is 0.972. The van der Waals surface area contributed by atoms with Gasteiger partial charge in [-0.2, -0.15) is 0 Å². The number of H-pyrrole nitrogens is 1. The lowest BCUT2D eigenvalue weighted by atomic mass is 10.5. The van der Waals surface area contributed by atoms with Crippen LogP contribution in [0.4, 0.5) is 0 Å². The SMILES string of the molecule is Cc1cnc(-c2ccc(Br)[nH]2)s1. The maximum atomic E-state index is 4.27. The molecule has 12 heavy (non-hydrogen) atoms. The van der Waals surface area contributed by atoms with Gasteiger partial charge in [-0.1, -0.05) is 0 Å². The molecule has 2 nitrogen and oxygen atoms in total. The Morgan fingerprint density at radius 2 is 2.33 bits per heavy atom. The van der Waals surface area contributed by atoms with Crippen molar-refractivity contribution in [1.29, 1.82) is 0 Å². The number of halogens is 1. The van der Waals surface area contributed by atoms with Gasteiger partial charge in [0.15, 0.2) is 0 Å². The van der Waals surface area contributed by atoms with Gasteiger partial charge in [0.1, 0.15) is 5.01 Å². The summed E-state index contributed by atoms with van der Waals surface area (Å²) >= 11 is 5.05. The van der Waals surface area contributed by atoms with E-state index in [4.69, 9.17) is 0 Å². The molecule has 0 aliphatic carbocycles. The molecule has 62 valence electrons. The van der Waals surface area contributed by atoms with Crippen LogP contribution >= 0.6 is 27.3 Å². The van der Waals surface area contributed by atoms with Gasteiger partial charge < -0.3 is 4.98 Å². The third kappa shape index (κ3) is 1.44. The van der Waals surface area contributed by atoms with Crippen molar-refractivity contribution in [2.45, 2.75) is 6.92 Å². The summed E-state index contributed by atoms with van der Waals surface area (Å²) < 4.78 is 0.991. The van der Waals surface area contributed by atoms with Gasteiger partial charge in [0.25, 0.3) is 0 Å². The zero-order valence-electron chi connectivity index (χ0n) is 6.47. The highest BCUT2D eigenvalue weighted by atomic mass is 79.9. The third-order valence-corrected chi connectivity index (χ3v) is 2.91. The second-order valence-corrected chi connectivity index (χ2v) is 4.59. The topological polar surface area (TPSA) is 28.7 Å². The van der Waals surface area contributed by atoms with E-state index in [2.05, 4.69) is 32.8 Å². The molecule has 0 radical (unpaired) electrons. The Hall–Kier alpha value is -0.610. The second kappa shape index (κ2) is 3.03. The van der Waals surface area contributed by atoms with Gasteiger partial charge in [-0.25, -0.2) is 4.98 Å². The Morgan fingerprint density at radius 3 is 2.83 bits per heavy atom. The molecule has 2 rings (SSSR count). The van der Waals surface area contributed by atoms with Gasteiger partial charge in [0.2, 0.25) is 0 Å². The van der Waals surface area contributed by atoms with Crippen LogP contribution in [-0.2, 0) is 0 Å². The Morgan fingerprint density at radius 1 is 1.50 bits per heavy atom. The fourth-order valence-corrected chi connectivity index (χ4v) is 2.06. The minimum absolute atomic E-state index is 0.991. The predicted octanol–water partition coefficient (Wildman–Crippen LogP) is 3.21. The standard InChI is InChI=1S/C8H7BrN2S/c1-5-4-10-8(12-5)6-2-3-7(9)11-6/h2-4,11H,1H3. The van der Waals surface area contributed by atoms with Crippen molar-refractivity contribution in [2.75, 3.05) is 0 Å². The van der Waals surface area contributed by atoms with Gasteiger partial charge in [-0.15, -0.1) is 11.3 Å². The van der Waals surface area contributed by atoms with Crippen molar-refractivity contribution in [3.8, 4) is 10.7 Å².